The van der Waals surface area contributed by atoms with E-state index < -0.39 is 8.07 Å². The van der Waals surface area contributed by atoms with Crippen LogP contribution in [0.5, 0.6) is 0 Å². The van der Waals surface area contributed by atoms with Crippen LogP contribution in [0.1, 0.15) is 0 Å². The Kier molecular flexibility index (Phi) is 7.99. The van der Waals surface area contributed by atoms with E-state index in [2.05, 4.69) is 170 Å². The van der Waals surface area contributed by atoms with Gasteiger partial charge in [0.25, 0.3) is 0 Å². The van der Waals surface area contributed by atoms with Gasteiger partial charge in [-0.2, -0.15) is 0 Å². The van der Waals surface area contributed by atoms with E-state index in [0.717, 1.165) is 38.8 Å². The normalized spacial score (nSPS) is 11.4. The smallest absolute Gasteiger partial charge is 0.179 e. The molecule has 0 saturated carbocycles. The SMILES string of the molecule is Clc1cccc([Si](c2ccccc2)(c2ccccc2)c2ccc(-c3cnc(-c4ccc5ccccc5c4)c(-c4ccccc4)n3)cc2)c1. The molecule has 1 heterocycles. The van der Waals surface area contributed by atoms with Gasteiger partial charge in [-0.05, 0) is 49.7 Å². The molecular weight excluding hydrogens is 620 g/mol. The molecule has 7 aromatic carbocycles. The maximum Gasteiger partial charge on any atom is 0.179 e. The van der Waals surface area contributed by atoms with E-state index in [1.54, 1.807) is 0 Å². The Bertz CT molecular complexity index is 2300. The molecule has 0 aliphatic rings. The van der Waals surface area contributed by atoms with Gasteiger partial charge < -0.3 is 0 Å². The second-order valence-corrected chi connectivity index (χ2v) is 16.2. The average Bonchev–Trinajstić information content (AvgIpc) is 3.16. The molecule has 0 amide bonds. The van der Waals surface area contributed by atoms with Crippen LogP contribution in [-0.4, -0.2) is 18.0 Å². The average molecular weight is 651 g/mol. The first kappa shape index (κ1) is 29.8. The quantitative estimate of drug-likeness (QED) is 0.127. The van der Waals surface area contributed by atoms with E-state index in [0.29, 0.717) is 0 Å². The highest BCUT2D eigenvalue weighted by Gasteiger charge is 2.41. The predicted octanol–water partition coefficient (Wildman–Crippen LogP) is 8.66. The summed E-state index contributed by atoms with van der Waals surface area (Å²) in [6.07, 6.45) is 1.90. The molecule has 0 atom stereocenters. The van der Waals surface area contributed by atoms with Gasteiger partial charge in [0.2, 0.25) is 0 Å². The summed E-state index contributed by atoms with van der Waals surface area (Å²) in [6, 6.07) is 64.4. The number of halogens is 1. The first-order valence-electron chi connectivity index (χ1n) is 16.1. The van der Waals surface area contributed by atoms with Crippen molar-refractivity contribution in [2.75, 3.05) is 0 Å². The highest BCUT2D eigenvalue weighted by molar-refractivity contribution is 7.19. The van der Waals surface area contributed by atoms with E-state index in [1.165, 1.54) is 31.5 Å². The van der Waals surface area contributed by atoms with Gasteiger partial charge >= 0.3 is 0 Å². The molecule has 8 rings (SSSR count). The monoisotopic (exact) mass is 650 g/mol. The van der Waals surface area contributed by atoms with Crippen LogP contribution in [0, 0.1) is 0 Å². The number of fused-ring (bicyclic) bond motifs is 1. The van der Waals surface area contributed by atoms with Crippen molar-refractivity contribution >= 4 is 51.2 Å². The molecule has 1 aromatic heterocycles. The third-order valence-corrected chi connectivity index (χ3v) is 14.1. The third kappa shape index (κ3) is 5.43. The second-order valence-electron chi connectivity index (χ2n) is 12.0. The van der Waals surface area contributed by atoms with Crippen LogP contribution in [0.15, 0.2) is 188 Å². The van der Waals surface area contributed by atoms with Crippen LogP contribution in [0.2, 0.25) is 5.02 Å². The van der Waals surface area contributed by atoms with Crippen molar-refractivity contribution in [3.63, 3.8) is 0 Å². The molecule has 0 saturated heterocycles. The van der Waals surface area contributed by atoms with Gasteiger partial charge in [0.1, 0.15) is 0 Å². The van der Waals surface area contributed by atoms with Gasteiger partial charge in [-0.3, -0.25) is 4.98 Å². The molecule has 0 aliphatic carbocycles. The molecule has 0 bridgehead atoms. The summed E-state index contributed by atoms with van der Waals surface area (Å²) in [5.41, 5.74) is 5.66. The van der Waals surface area contributed by atoms with Gasteiger partial charge in [0.05, 0.1) is 23.3 Å². The number of rotatable bonds is 7. The predicted molar refractivity (Wildman–Crippen MR) is 204 cm³/mol. The van der Waals surface area contributed by atoms with Gasteiger partial charge in [0.15, 0.2) is 8.07 Å². The van der Waals surface area contributed by atoms with Crippen LogP contribution in [0.3, 0.4) is 0 Å². The molecule has 0 fully saturated rings. The molecule has 228 valence electrons. The highest BCUT2D eigenvalue weighted by Crippen LogP contribution is 2.32. The molecule has 0 unspecified atom stereocenters. The molecule has 8 aromatic rings. The van der Waals surface area contributed by atoms with E-state index in [-0.39, 0.29) is 0 Å². The summed E-state index contributed by atoms with van der Waals surface area (Å²) in [7, 11) is -2.71. The summed E-state index contributed by atoms with van der Waals surface area (Å²) in [5, 5.41) is 8.24. The zero-order valence-corrected chi connectivity index (χ0v) is 27.9. The largest absolute Gasteiger partial charge is 0.252 e. The number of benzene rings is 7. The van der Waals surface area contributed by atoms with Crippen LogP contribution < -0.4 is 20.7 Å². The van der Waals surface area contributed by atoms with Crippen LogP contribution in [-0.2, 0) is 0 Å². The van der Waals surface area contributed by atoms with Crippen molar-refractivity contribution in [1.82, 2.24) is 9.97 Å². The summed E-state index contributed by atoms with van der Waals surface area (Å²) < 4.78 is 0. The lowest BCUT2D eigenvalue weighted by atomic mass is 10.0. The van der Waals surface area contributed by atoms with E-state index in [1.807, 2.05) is 18.3 Å². The maximum atomic E-state index is 6.68. The lowest BCUT2D eigenvalue weighted by Crippen LogP contribution is -2.74. The van der Waals surface area contributed by atoms with Crippen molar-refractivity contribution in [3.05, 3.63) is 193 Å². The Balaban J connectivity index is 1.28. The Morgan fingerprint density at radius 1 is 0.396 bits per heavy atom. The summed E-state index contributed by atoms with van der Waals surface area (Å²) in [6.45, 7) is 0. The van der Waals surface area contributed by atoms with Crippen LogP contribution in [0.25, 0.3) is 44.5 Å². The molecule has 4 heteroatoms. The number of hydrogen-bond acceptors (Lipinski definition) is 2. The molecule has 0 radical (unpaired) electrons. The minimum Gasteiger partial charge on any atom is -0.252 e. The van der Waals surface area contributed by atoms with Crippen molar-refractivity contribution in [2.24, 2.45) is 0 Å². The van der Waals surface area contributed by atoms with Crippen LogP contribution >= 0.6 is 11.6 Å². The van der Waals surface area contributed by atoms with Crippen molar-refractivity contribution in [2.45, 2.75) is 0 Å². The fourth-order valence-corrected chi connectivity index (χ4v) is 11.9. The third-order valence-electron chi connectivity index (χ3n) is 9.13. The first-order valence-corrected chi connectivity index (χ1v) is 18.5. The Morgan fingerprint density at radius 2 is 0.958 bits per heavy atom. The van der Waals surface area contributed by atoms with Crippen molar-refractivity contribution in [1.29, 1.82) is 0 Å². The minimum absolute atomic E-state index is 0.739. The van der Waals surface area contributed by atoms with Gasteiger partial charge in [-0.1, -0.05) is 175 Å². The van der Waals surface area contributed by atoms with E-state index >= 15 is 0 Å². The molecule has 48 heavy (non-hydrogen) atoms. The van der Waals surface area contributed by atoms with Gasteiger partial charge in [-0.25, -0.2) is 4.98 Å². The summed E-state index contributed by atoms with van der Waals surface area (Å²) in [5.74, 6) is 0. The van der Waals surface area contributed by atoms with Crippen molar-refractivity contribution in [3.8, 4) is 33.8 Å². The summed E-state index contributed by atoms with van der Waals surface area (Å²) >= 11 is 6.68. The number of aromatic nitrogens is 2. The lowest BCUT2D eigenvalue weighted by Gasteiger charge is -2.34. The van der Waals surface area contributed by atoms with Crippen LogP contribution in [0.4, 0.5) is 0 Å². The van der Waals surface area contributed by atoms with E-state index in [4.69, 9.17) is 21.6 Å². The van der Waals surface area contributed by atoms with Gasteiger partial charge in [0, 0.05) is 21.7 Å². The molecule has 0 N–H and O–H groups in total. The maximum absolute atomic E-state index is 6.68. The summed E-state index contributed by atoms with van der Waals surface area (Å²) in [4.78, 5) is 10.3. The zero-order chi connectivity index (χ0) is 32.3. The fraction of sp³-hybridized carbons (Fsp3) is 0. The first-order chi connectivity index (χ1) is 23.7. The molecule has 2 nitrogen and oxygen atoms in total. The Hall–Kier alpha value is -5.61. The molecule has 0 aliphatic heterocycles. The number of hydrogen-bond donors (Lipinski definition) is 0. The Labute approximate surface area is 287 Å². The highest BCUT2D eigenvalue weighted by atomic mass is 35.5. The lowest BCUT2D eigenvalue weighted by molar-refractivity contribution is 1.21. The van der Waals surface area contributed by atoms with Gasteiger partial charge in [-0.15, -0.1) is 0 Å². The standard InChI is InChI=1S/C44H31ClN2Si/c45-37-17-12-22-41(30-37)48(38-18-6-2-7-19-38,39-20-8-3-9-21-39)40-27-25-33(26-28-40)42-31-46-43(44(47-42)34-14-4-1-5-15-34)36-24-23-32-13-10-11-16-35(32)29-36/h1-31H. The minimum atomic E-state index is -2.71. The zero-order valence-electron chi connectivity index (χ0n) is 26.2. The molecule has 0 spiro atoms. The van der Waals surface area contributed by atoms with Crippen molar-refractivity contribution < 1.29 is 0 Å². The Morgan fingerprint density at radius 3 is 1.62 bits per heavy atom. The fourth-order valence-electron chi connectivity index (χ4n) is 6.86. The second kappa shape index (κ2) is 12.9. The molecular formula is C44H31ClN2Si. The topological polar surface area (TPSA) is 25.8 Å². The number of nitrogens with zero attached hydrogens (tertiary/aromatic N) is 2. The van der Waals surface area contributed by atoms with E-state index in [9.17, 15) is 0 Å².